The number of amides is 1. The highest BCUT2D eigenvalue weighted by Gasteiger charge is 2.29. The molecule has 0 fully saturated rings. The Labute approximate surface area is 175 Å². The van der Waals surface area contributed by atoms with Crippen LogP contribution in [0.2, 0.25) is 0 Å². The molecule has 6 heteroatoms. The van der Waals surface area contributed by atoms with Crippen molar-refractivity contribution in [2.45, 2.75) is 44.8 Å². The zero-order chi connectivity index (χ0) is 20.5. The van der Waals surface area contributed by atoms with Gasteiger partial charge in [-0.1, -0.05) is 30.3 Å². The Morgan fingerprint density at radius 1 is 1.13 bits per heavy atom. The molecule has 0 N–H and O–H groups in total. The molecular weight excluding hydrogens is 378 g/mol. The predicted octanol–water partition coefficient (Wildman–Crippen LogP) is 3.88. The minimum absolute atomic E-state index is 0.0115. The second-order valence-electron chi connectivity index (χ2n) is 7.96. The van der Waals surface area contributed by atoms with Gasteiger partial charge in [-0.15, -0.1) is 0 Å². The first-order valence-corrected chi connectivity index (χ1v) is 10.6. The van der Waals surface area contributed by atoms with E-state index in [1.807, 2.05) is 41.3 Å². The van der Waals surface area contributed by atoms with Gasteiger partial charge in [0.1, 0.15) is 11.5 Å². The van der Waals surface area contributed by atoms with Gasteiger partial charge in [0.05, 0.1) is 12.1 Å². The molecule has 0 radical (unpaired) electrons. The van der Waals surface area contributed by atoms with E-state index in [0.717, 1.165) is 35.6 Å². The maximum Gasteiger partial charge on any atom is 0.255 e. The summed E-state index contributed by atoms with van der Waals surface area (Å²) in [4.78, 5) is 24.2. The Kier molecular flexibility index (Phi) is 5.09. The number of hydrogen-bond donors (Lipinski definition) is 0. The third-order valence-electron chi connectivity index (χ3n) is 6.01. The van der Waals surface area contributed by atoms with Crippen LogP contribution in [-0.2, 0) is 30.5 Å². The van der Waals surface area contributed by atoms with E-state index in [4.69, 9.17) is 14.1 Å². The molecule has 0 saturated carbocycles. The minimum atomic E-state index is -0.356. The van der Waals surface area contributed by atoms with Crippen molar-refractivity contribution in [3.8, 4) is 0 Å². The van der Waals surface area contributed by atoms with Crippen LogP contribution >= 0.6 is 0 Å². The monoisotopic (exact) mass is 403 g/mol. The fraction of sp³-hybridized carbons (Fsp3) is 0.375. The Morgan fingerprint density at radius 3 is 2.80 bits per heavy atom. The molecular formula is C24H25N3O3. The number of fused-ring (bicyclic) bond motifs is 2. The topological polar surface area (TPSA) is 68.5 Å². The number of oxazole rings is 1. The van der Waals surface area contributed by atoms with E-state index in [2.05, 4.69) is 4.98 Å². The smallest absolute Gasteiger partial charge is 0.255 e. The van der Waals surface area contributed by atoms with Gasteiger partial charge in [0, 0.05) is 32.0 Å². The quantitative estimate of drug-likeness (QED) is 0.661. The summed E-state index contributed by atoms with van der Waals surface area (Å²) < 4.78 is 11.7. The lowest BCUT2D eigenvalue weighted by molar-refractivity contribution is 0.0726. The average Bonchev–Trinajstić information content (AvgIpc) is 3.22. The molecule has 0 saturated heterocycles. The fourth-order valence-electron chi connectivity index (χ4n) is 4.40. The Balaban J connectivity index is 1.36. The fourth-order valence-corrected chi connectivity index (χ4v) is 4.40. The number of hydrogen-bond acceptors (Lipinski definition) is 5. The van der Waals surface area contributed by atoms with Crippen molar-refractivity contribution >= 4 is 5.91 Å². The number of benzene rings is 1. The Morgan fingerprint density at radius 2 is 1.97 bits per heavy atom. The number of nitrogens with zero attached hydrogens (tertiary/aromatic N) is 3. The maximum atomic E-state index is 13.1. The normalized spacial score (nSPS) is 16.6. The SMILES string of the molecule is COC(c1ccccc1)c1nc2c(o1)CCN(C(=O)c1cnc3c(c1)CCCC3)C2. The van der Waals surface area contributed by atoms with Crippen LogP contribution in [0.1, 0.15) is 63.5 Å². The number of pyridine rings is 1. The molecule has 1 aliphatic carbocycles. The molecule has 5 rings (SSSR count). The number of rotatable bonds is 4. The number of ether oxygens (including phenoxy) is 1. The molecule has 1 aromatic carbocycles. The van der Waals surface area contributed by atoms with E-state index in [-0.39, 0.29) is 12.0 Å². The van der Waals surface area contributed by atoms with Crippen LogP contribution in [0.5, 0.6) is 0 Å². The third-order valence-corrected chi connectivity index (χ3v) is 6.01. The molecule has 2 aliphatic rings. The number of carbonyl (C=O) groups is 1. The van der Waals surface area contributed by atoms with Crippen LogP contribution in [0.15, 0.2) is 47.0 Å². The van der Waals surface area contributed by atoms with E-state index >= 15 is 0 Å². The van der Waals surface area contributed by atoms with Crippen molar-refractivity contribution in [2.75, 3.05) is 13.7 Å². The summed E-state index contributed by atoms with van der Waals surface area (Å²) in [7, 11) is 1.65. The average molecular weight is 403 g/mol. The number of aromatic nitrogens is 2. The zero-order valence-corrected chi connectivity index (χ0v) is 17.1. The van der Waals surface area contributed by atoms with Crippen molar-refractivity contribution in [1.29, 1.82) is 0 Å². The molecule has 1 amide bonds. The Bertz CT molecular complexity index is 1060. The summed E-state index contributed by atoms with van der Waals surface area (Å²) in [6, 6.07) is 11.9. The van der Waals surface area contributed by atoms with Gasteiger partial charge in [-0.2, -0.15) is 0 Å². The Hall–Kier alpha value is -2.99. The zero-order valence-electron chi connectivity index (χ0n) is 17.1. The highest BCUT2D eigenvalue weighted by molar-refractivity contribution is 5.94. The molecule has 3 aromatic rings. The van der Waals surface area contributed by atoms with E-state index in [1.165, 1.54) is 18.4 Å². The lowest BCUT2D eigenvalue weighted by Gasteiger charge is -2.26. The largest absolute Gasteiger partial charge is 0.442 e. The van der Waals surface area contributed by atoms with Crippen molar-refractivity contribution in [1.82, 2.24) is 14.9 Å². The van der Waals surface area contributed by atoms with Crippen LogP contribution in [0.25, 0.3) is 0 Å². The van der Waals surface area contributed by atoms with Gasteiger partial charge in [-0.25, -0.2) is 4.98 Å². The second-order valence-corrected chi connectivity index (χ2v) is 7.96. The maximum absolute atomic E-state index is 13.1. The van der Waals surface area contributed by atoms with Crippen LogP contribution in [0.3, 0.4) is 0 Å². The van der Waals surface area contributed by atoms with E-state index in [1.54, 1.807) is 13.3 Å². The molecule has 0 spiro atoms. The lowest BCUT2D eigenvalue weighted by Crippen LogP contribution is -2.36. The minimum Gasteiger partial charge on any atom is -0.442 e. The first-order chi connectivity index (χ1) is 14.7. The van der Waals surface area contributed by atoms with Gasteiger partial charge in [0.15, 0.2) is 6.10 Å². The van der Waals surface area contributed by atoms with Crippen LogP contribution in [0, 0.1) is 0 Å². The van der Waals surface area contributed by atoms with Crippen LogP contribution in [-0.4, -0.2) is 34.4 Å². The highest BCUT2D eigenvalue weighted by atomic mass is 16.5. The molecule has 6 nitrogen and oxygen atoms in total. The van der Waals surface area contributed by atoms with Gasteiger partial charge in [0.25, 0.3) is 5.91 Å². The van der Waals surface area contributed by atoms with Gasteiger partial charge in [-0.05, 0) is 42.9 Å². The van der Waals surface area contributed by atoms with Gasteiger partial charge in [-0.3, -0.25) is 9.78 Å². The molecule has 1 aliphatic heterocycles. The van der Waals surface area contributed by atoms with Crippen molar-refractivity contribution < 1.29 is 13.9 Å². The molecule has 2 aromatic heterocycles. The number of methoxy groups -OCH3 is 1. The van der Waals surface area contributed by atoms with E-state index < -0.39 is 0 Å². The number of aryl methyl sites for hydroxylation is 2. The van der Waals surface area contributed by atoms with Crippen molar-refractivity contribution in [3.05, 3.63) is 82.3 Å². The van der Waals surface area contributed by atoms with Gasteiger partial charge < -0.3 is 14.1 Å². The molecule has 1 atom stereocenters. The summed E-state index contributed by atoms with van der Waals surface area (Å²) in [6.07, 6.45) is 6.40. The molecule has 0 bridgehead atoms. The lowest BCUT2D eigenvalue weighted by atomic mass is 9.95. The second kappa shape index (κ2) is 8.03. The summed E-state index contributed by atoms with van der Waals surface area (Å²) in [5.74, 6) is 1.39. The standard InChI is InChI=1S/C24H25N3O3/c1-29-22(16-7-3-2-4-8-16)23-26-20-15-27(12-11-21(20)30-23)24(28)18-13-17-9-5-6-10-19(17)25-14-18/h2-4,7-8,13-14,22H,5-6,9-12,15H2,1H3. The van der Waals surface area contributed by atoms with E-state index in [9.17, 15) is 4.79 Å². The van der Waals surface area contributed by atoms with Crippen molar-refractivity contribution in [3.63, 3.8) is 0 Å². The predicted molar refractivity (Wildman–Crippen MR) is 111 cm³/mol. The summed E-state index contributed by atoms with van der Waals surface area (Å²) >= 11 is 0. The molecule has 30 heavy (non-hydrogen) atoms. The van der Waals surface area contributed by atoms with E-state index in [0.29, 0.717) is 31.0 Å². The third kappa shape index (κ3) is 3.52. The summed E-state index contributed by atoms with van der Waals surface area (Å²) in [6.45, 7) is 1.06. The summed E-state index contributed by atoms with van der Waals surface area (Å²) in [5, 5.41) is 0. The molecule has 1 unspecified atom stereocenters. The van der Waals surface area contributed by atoms with Gasteiger partial charge >= 0.3 is 0 Å². The first kappa shape index (κ1) is 19.0. The van der Waals surface area contributed by atoms with Crippen LogP contribution < -0.4 is 0 Å². The van der Waals surface area contributed by atoms with Crippen molar-refractivity contribution in [2.24, 2.45) is 0 Å². The van der Waals surface area contributed by atoms with Gasteiger partial charge in [0.2, 0.25) is 5.89 Å². The molecule has 154 valence electrons. The summed E-state index contributed by atoms with van der Waals surface area (Å²) in [5.41, 5.74) is 4.84. The van der Waals surface area contributed by atoms with Crippen LogP contribution in [0.4, 0.5) is 0 Å². The number of carbonyl (C=O) groups excluding carboxylic acids is 1. The first-order valence-electron chi connectivity index (χ1n) is 10.6. The molecule has 3 heterocycles. The highest BCUT2D eigenvalue weighted by Crippen LogP contribution is 2.29.